The Morgan fingerprint density at radius 2 is 1.45 bits per heavy atom. The number of para-hydroxylation sites is 2. The van der Waals surface area contributed by atoms with Crippen molar-refractivity contribution in [2.45, 2.75) is 20.3 Å². The number of amides is 2. The van der Waals surface area contributed by atoms with Crippen LogP contribution < -0.4 is 10.6 Å². The second-order valence-electron chi connectivity index (χ2n) is 6.43. The van der Waals surface area contributed by atoms with Crippen molar-refractivity contribution in [3.05, 3.63) is 88.7 Å². The van der Waals surface area contributed by atoms with Gasteiger partial charge in [0.2, 0.25) is 0 Å². The number of aryl methyl sites for hydroxylation is 2. The van der Waals surface area contributed by atoms with Crippen molar-refractivity contribution in [2.75, 3.05) is 10.6 Å². The fraction of sp³-hybridized carbons (Fsp3) is 0.136. The van der Waals surface area contributed by atoms with Crippen LogP contribution in [-0.2, 0) is 6.42 Å². The molecular formula is C22H19F2N3O2. The molecule has 0 aliphatic carbocycles. The summed E-state index contributed by atoms with van der Waals surface area (Å²) >= 11 is 0. The number of anilines is 2. The Balaban J connectivity index is 1.82. The standard InChI is InChI=1S/C22H19F2N3O2/c1-3-14-7-4-6-13(2)19(14)26-21(28)15-10-16(12-25-11-15)22(29)27-20-17(23)8-5-9-18(20)24/h4-12H,3H2,1-2H3,(H,26,28)(H,27,29). The SMILES string of the molecule is CCc1cccc(C)c1NC(=O)c1cncc(C(=O)Nc2c(F)cccc2F)c1. The van der Waals surface area contributed by atoms with Gasteiger partial charge < -0.3 is 10.6 Å². The number of rotatable bonds is 5. The number of pyridine rings is 1. The monoisotopic (exact) mass is 395 g/mol. The highest BCUT2D eigenvalue weighted by Crippen LogP contribution is 2.22. The molecule has 7 heteroatoms. The first kappa shape index (κ1) is 20.1. The van der Waals surface area contributed by atoms with Crippen LogP contribution in [0.15, 0.2) is 54.9 Å². The van der Waals surface area contributed by atoms with Crippen molar-refractivity contribution >= 4 is 23.2 Å². The molecule has 0 saturated heterocycles. The van der Waals surface area contributed by atoms with Gasteiger partial charge in [-0.2, -0.15) is 0 Å². The Kier molecular flexibility index (Phi) is 5.97. The van der Waals surface area contributed by atoms with Crippen LogP contribution in [-0.4, -0.2) is 16.8 Å². The molecule has 0 unspecified atom stereocenters. The predicted octanol–water partition coefficient (Wildman–Crippen LogP) is 4.74. The highest BCUT2D eigenvalue weighted by atomic mass is 19.1. The van der Waals surface area contributed by atoms with Crippen molar-refractivity contribution in [1.29, 1.82) is 0 Å². The second-order valence-corrected chi connectivity index (χ2v) is 6.43. The predicted molar refractivity (Wildman–Crippen MR) is 107 cm³/mol. The van der Waals surface area contributed by atoms with Crippen LogP contribution in [0.2, 0.25) is 0 Å². The van der Waals surface area contributed by atoms with E-state index in [1.54, 1.807) is 0 Å². The number of nitrogens with one attached hydrogen (secondary N) is 2. The first-order valence-electron chi connectivity index (χ1n) is 9.01. The molecule has 3 aromatic rings. The zero-order valence-corrected chi connectivity index (χ0v) is 15.9. The highest BCUT2D eigenvalue weighted by Gasteiger charge is 2.16. The number of nitrogens with zero attached hydrogens (tertiary/aromatic N) is 1. The van der Waals surface area contributed by atoms with Gasteiger partial charge in [0.05, 0.1) is 11.1 Å². The van der Waals surface area contributed by atoms with Gasteiger partial charge in [0.15, 0.2) is 0 Å². The largest absolute Gasteiger partial charge is 0.321 e. The normalized spacial score (nSPS) is 10.5. The summed E-state index contributed by atoms with van der Waals surface area (Å²) in [4.78, 5) is 29.0. The van der Waals surface area contributed by atoms with E-state index in [2.05, 4.69) is 15.6 Å². The van der Waals surface area contributed by atoms with Crippen LogP contribution in [0, 0.1) is 18.6 Å². The molecule has 0 aliphatic rings. The average molecular weight is 395 g/mol. The van der Waals surface area contributed by atoms with E-state index >= 15 is 0 Å². The number of aromatic nitrogens is 1. The molecule has 0 radical (unpaired) electrons. The lowest BCUT2D eigenvalue weighted by atomic mass is 10.1. The van der Waals surface area contributed by atoms with Gasteiger partial charge in [-0.15, -0.1) is 0 Å². The molecule has 2 N–H and O–H groups in total. The Morgan fingerprint density at radius 1 is 0.897 bits per heavy atom. The molecule has 2 aromatic carbocycles. The van der Waals surface area contributed by atoms with Crippen molar-refractivity contribution < 1.29 is 18.4 Å². The Hall–Kier alpha value is -3.61. The van der Waals surface area contributed by atoms with Gasteiger partial charge >= 0.3 is 0 Å². The Morgan fingerprint density at radius 3 is 2.03 bits per heavy atom. The molecule has 5 nitrogen and oxygen atoms in total. The van der Waals surface area contributed by atoms with Gasteiger partial charge in [-0.1, -0.05) is 31.2 Å². The zero-order valence-electron chi connectivity index (χ0n) is 15.9. The number of carbonyl (C=O) groups excluding carboxylic acids is 2. The van der Waals surface area contributed by atoms with Crippen LogP contribution in [0.25, 0.3) is 0 Å². The molecule has 3 rings (SSSR count). The molecule has 0 spiro atoms. The highest BCUT2D eigenvalue weighted by molar-refractivity contribution is 6.08. The number of hydrogen-bond donors (Lipinski definition) is 2. The van der Waals surface area contributed by atoms with E-state index in [0.717, 1.165) is 29.7 Å². The lowest BCUT2D eigenvalue weighted by molar-refractivity contribution is 0.102. The summed E-state index contributed by atoms with van der Waals surface area (Å²) in [6.45, 7) is 3.87. The summed E-state index contributed by atoms with van der Waals surface area (Å²) < 4.78 is 27.5. The smallest absolute Gasteiger partial charge is 0.257 e. The van der Waals surface area contributed by atoms with E-state index in [0.29, 0.717) is 5.69 Å². The van der Waals surface area contributed by atoms with E-state index in [-0.39, 0.29) is 11.1 Å². The molecule has 0 bridgehead atoms. The van der Waals surface area contributed by atoms with E-state index < -0.39 is 29.1 Å². The number of benzene rings is 2. The number of hydrogen-bond acceptors (Lipinski definition) is 3. The van der Waals surface area contributed by atoms with Gasteiger partial charge in [0.25, 0.3) is 11.8 Å². The fourth-order valence-corrected chi connectivity index (χ4v) is 2.88. The van der Waals surface area contributed by atoms with E-state index in [4.69, 9.17) is 0 Å². The van der Waals surface area contributed by atoms with Gasteiger partial charge in [0, 0.05) is 18.1 Å². The summed E-state index contributed by atoms with van der Waals surface area (Å²) in [6, 6.07) is 10.3. The summed E-state index contributed by atoms with van der Waals surface area (Å²) in [5.41, 5.74) is 2.20. The maximum Gasteiger partial charge on any atom is 0.257 e. The minimum Gasteiger partial charge on any atom is -0.321 e. The van der Waals surface area contributed by atoms with Gasteiger partial charge in [0.1, 0.15) is 17.3 Å². The van der Waals surface area contributed by atoms with Crippen LogP contribution >= 0.6 is 0 Å². The summed E-state index contributed by atoms with van der Waals surface area (Å²) in [5.74, 6) is -3.01. The first-order valence-corrected chi connectivity index (χ1v) is 9.01. The summed E-state index contributed by atoms with van der Waals surface area (Å²) in [7, 11) is 0. The maximum atomic E-state index is 13.8. The lowest BCUT2D eigenvalue weighted by Crippen LogP contribution is -2.18. The average Bonchev–Trinajstić information content (AvgIpc) is 2.72. The molecule has 0 fully saturated rings. The molecule has 148 valence electrons. The summed E-state index contributed by atoms with van der Waals surface area (Å²) in [6.07, 6.45) is 3.28. The lowest BCUT2D eigenvalue weighted by Gasteiger charge is -2.13. The molecule has 1 aromatic heterocycles. The number of halogens is 2. The molecular weight excluding hydrogens is 376 g/mol. The van der Waals surface area contributed by atoms with Crippen LogP contribution in [0.4, 0.5) is 20.2 Å². The third-order valence-electron chi connectivity index (χ3n) is 4.44. The van der Waals surface area contributed by atoms with Gasteiger partial charge in [-0.3, -0.25) is 14.6 Å². The third kappa shape index (κ3) is 4.45. The minimum absolute atomic E-state index is 0.000742. The van der Waals surface area contributed by atoms with Crippen LogP contribution in [0.3, 0.4) is 0 Å². The molecule has 0 atom stereocenters. The molecule has 1 heterocycles. The fourth-order valence-electron chi connectivity index (χ4n) is 2.88. The van der Waals surface area contributed by atoms with Crippen LogP contribution in [0.5, 0.6) is 0 Å². The van der Waals surface area contributed by atoms with Crippen molar-refractivity contribution in [3.8, 4) is 0 Å². The van der Waals surface area contributed by atoms with Crippen LogP contribution in [0.1, 0.15) is 38.8 Å². The van der Waals surface area contributed by atoms with Crippen molar-refractivity contribution in [1.82, 2.24) is 4.98 Å². The molecule has 0 saturated carbocycles. The Labute approximate surface area is 166 Å². The summed E-state index contributed by atoms with van der Waals surface area (Å²) in [5, 5.41) is 5.03. The second kappa shape index (κ2) is 8.60. The Bertz CT molecular complexity index is 1060. The van der Waals surface area contributed by atoms with E-state index in [9.17, 15) is 18.4 Å². The van der Waals surface area contributed by atoms with E-state index in [1.165, 1.54) is 24.5 Å². The van der Waals surface area contributed by atoms with Gasteiger partial charge in [-0.25, -0.2) is 8.78 Å². The van der Waals surface area contributed by atoms with Crippen molar-refractivity contribution in [3.63, 3.8) is 0 Å². The first-order chi connectivity index (χ1) is 13.9. The van der Waals surface area contributed by atoms with Crippen molar-refractivity contribution in [2.24, 2.45) is 0 Å². The quantitative estimate of drug-likeness (QED) is 0.656. The molecule has 0 aliphatic heterocycles. The zero-order chi connectivity index (χ0) is 21.0. The topological polar surface area (TPSA) is 71.1 Å². The van der Waals surface area contributed by atoms with Gasteiger partial charge in [-0.05, 0) is 42.7 Å². The minimum atomic E-state index is -0.896. The number of carbonyl (C=O) groups is 2. The maximum absolute atomic E-state index is 13.8. The third-order valence-corrected chi connectivity index (χ3v) is 4.44. The van der Waals surface area contributed by atoms with E-state index in [1.807, 2.05) is 32.0 Å². The molecule has 29 heavy (non-hydrogen) atoms. The molecule has 2 amide bonds.